The van der Waals surface area contributed by atoms with Crippen LogP contribution in [0.25, 0.3) is 0 Å². The Bertz CT molecular complexity index is 622. The fourth-order valence-electron chi connectivity index (χ4n) is 1.93. The van der Waals surface area contributed by atoms with Gasteiger partial charge in [-0.2, -0.15) is 0 Å². The number of carboxylic acid groups (broad SMARTS) is 1. The van der Waals surface area contributed by atoms with Gasteiger partial charge in [0.2, 0.25) is 0 Å². The first-order chi connectivity index (χ1) is 10.1. The molecule has 0 saturated carbocycles. The third-order valence-electron chi connectivity index (χ3n) is 2.99. The Kier molecular flexibility index (Phi) is 4.68. The van der Waals surface area contributed by atoms with Crippen molar-refractivity contribution >= 4 is 17.6 Å². The first-order valence-corrected chi connectivity index (χ1v) is 6.40. The van der Waals surface area contributed by atoms with Gasteiger partial charge in [-0.3, -0.25) is 14.5 Å². The van der Waals surface area contributed by atoms with Crippen LogP contribution in [-0.2, 0) is 11.4 Å². The number of carboxylic acids is 1. The number of amides is 1. The molecule has 2 aromatic carbocycles. The molecule has 5 nitrogen and oxygen atoms in total. The van der Waals surface area contributed by atoms with Gasteiger partial charge in [0, 0.05) is 11.3 Å². The van der Waals surface area contributed by atoms with Gasteiger partial charge in [0.05, 0.1) is 6.61 Å². The number of benzene rings is 2. The predicted molar refractivity (Wildman–Crippen MR) is 78.1 cm³/mol. The number of hydrogen-bond acceptors (Lipinski definition) is 3. The molecule has 1 amide bonds. The Hall–Kier alpha value is -2.66. The van der Waals surface area contributed by atoms with Crippen LogP contribution in [0.2, 0.25) is 0 Å². The number of nitrogens with zero attached hydrogens (tertiary/aromatic N) is 1. The van der Waals surface area contributed by atoms with Crippen LogP contribution in [0.4, 0.5) is 5.69 Å². The number of rotatable bonds is 5. The summed E-state index contributed by atoms with van der Waals surface area (Å²) >= 11 is 0. The molecule has 0 radical (unpaired) electrons. The standard InChI is InChI=1S/C16H15NO4/c18-11-12-6-8-13(9-7-12)16(21)17(10-15(19)20)14-4-2-1-3-5-14/h1-9,18H,10-11H2,(H,19,20). The molecule has 5 heteroatoms. The Labute approximate surface area is 122 Å². The van der Waals surface area contributed by atoms with Crippen LogP contribution in [0.15, 0.2) is 54.6 Å². The van der Waals surface area contributed by atoms with Crippen LogP contribution in [0, 0.1) is 0 Å². The lowest BCUT2D eigenvalue weighted by Gasteiger charge is -2.21. The second kappa shape index (κ2) is 6.67. The maximum Gasteiger partial charge on any atom is 0.323 e. The van der Waals surface area contributed by atoms with Crippen molar-refractivity contribution in [2.45, 2.75) is 6.61 Å². The number of carbonyl (C=O) groups excluding carboxylic acids is 1. The van der Waals surface area contributed by atoms with Gasteiger partial charge in [-0.25, -0.2) is 0 Å². The van der Waals surface area contributed by atoms with Crippen LogP contribution in [-0.4, -0.2) is 28.6 Å². The van der Waals surface area contributed by atoms with Gasteiger partial charge in [-0.05, 0) is 29.8 Å². The smallest absolute Gasteiger partial charge is 0.323 e. The molecule has 0 atom stereocenters. The number of hydrogen-bond donors (Lipinski definition) is 2. The molecular formula is C16H15NO4. The van der Waals surface area contributed by atoms with Crippen molar-refractivity contribution in [2.24, 2.45) is 0 Å². The molecule has 0 saturated heterocycles. The molecule has 0 aliphatic heterocycles. The summed E-state index contributed by atoms with van der Waals surface area (Å²) in [7, 11) is 0. The molecule has 0 fully saturated rings. The van der Waals surface area contributed by atoms with Crippen molar-refractivity contribution in [1.82, 2.24) is 0 Å². The topological polar surface area (TPSA) is 77.8 Å². The molecule has 0 aromatic heterocycles. The molecule has 2 rings (SSSR count). The minimum atomic E-state index is -1.08. The lowest BCUT2D eigenvalue weighted by Crippen LogP contribution is -2.35. The largest absolute Gasteiger partial charge is 0.480 e. The average molecular weight is 285 g/mol. The molecule has 0 unspecified atom stereocenters. The highest BCUT2D eigenvalue weighted by atomic mass is 16.4. The minimum absolute atomic E-state index is 0.105. The third kappa shape index (κ3) is 3.67. The highest BCUT2D eigenvalue weighted by Crippen LogP contribution is 2.17. The number of aliphatic hydroxyl groups excluding tert-OH is 1. The summed E-state index contributed by atoms with van der Waals surface area (Å²) < 4.78 is 0. The maximum absolute atomic E-state index is 12.5. The normalized spacial score (nSPS) is 10.1. The third-order valence-corrected chi connectivity index (χ3v) is 2.99. The van der Waals surface area contributed by atoms with E-state index in [0.29, 0.717) is 16.8 Å². The van der Waals surface area contributed by atoms with E-state index in [0.717, 1.165) is 0 Å². The van der Waals surface area contributed by atoms with Crippen molar-refractivity contribution in [3.63, 3.8) is 0 Å². The first-order valence-electron chi connectivity index (χ1n) is 6.40. The van der Waals surface area contributed by atoms with E-state index in [9.17, 15) is 9.59 Å². The summed E-state index contributed by atoms with van der Waals surface area (Å²) in [5.74, 6) is -1.48. The zero-order valence-corrected chi connectivity index (χ0v) is 11.3. The maximum atomic E-state index is 12.5. The first kappa shape index (κ1) is 14.7. The molecule has 0 aliphatic carbocycles. The highest BCUT2D eigenvalue weighted by molar-refractivity contribution is 6.08. The van der Waals surface area contributed by atoms with Gasteiger partial charge in [-0.15, -0.1) is 0 Å². The van der Waals surface area contributed by atoms with Gasteiger partial charge in [-0.1, -0.05) is 30.3 Å². The fraction of sp³-hybridized carbons (Fsp3) is 0.125. The summed E-state index contributed by atoms with van der Waals surface area (Å²) in [5, 5.41) is 18.0. The van der Waals surface area contributed by atoms with E-state index >= 15 is 0 Å². The Morgan fingerprint density at radius 1 is 0.952 bits per heavy atom. The number of anilines is 1. The van der Waals surface area contributed by atoms with Crippen LogP contribution in [0.3, 0.4) is 0 Å². The number of para-hydroxylation sites is 1. The molecule has 0 heterocycles. The van der Waals surface area contributed by atoms with E-state index < -0.39 is 18.4 Å². The van der Waals surface area contributed by atoms with Crippen molar-refractivity contribution in [2.75, 3.05) is 11.4 Å². The molecule has 0 spiro atoms. The minimum Gasteiger partial charge on any atom is -0.480 e. The van der Waals surface area contributed by atoms with Crippen molar-refractivity contribution in [1.29, 1.82) is 0 Å². The van der Waals surface area contributed by atoms with E-state index in [-0.39, 0.29) is 6.61 Å². The van der Waals surface area contributed by atoms with Crippen molar-refractivity contribution in [3.8, 4) is 0 Å². The summed E-state index contributed by atoms with van der Waals surface area (Å²) in [6.45, 7) is -0.517. The molecule has 2 aromatic rings. The SMILES string of the molecule is O=C(O)CN(C(=O)c1ccc(CO)cc1)c1ccccc1. The number of carbonyl (C=O) groups is 2. The summed E-state index contributed by atoms with van der Waals surface area (Å²) in [4.78, 5) is 24.7. The summed E-state index contributed by atoms with van der Waals surface area (Å²) in [6, 6.07) is 15.1. The fourth-order valence-corrected chi connectivity index (χ4v) is 1.93. The van der Waals surface area contributed by atoms with Gasteiger partial charge in [0.15, 0.2) is 0 Å². The van der Waals surface area contributed by atoms with Crippen LogP contribution in [0.1, 0.15) is 15.9 Å². The number of aliphatic carboxylic acids is 1. The Morgan fingerprint density at radius 3 is 2.10 bits per heavy atom. The zero-order valence-electron chi connectivity index (χ0n) is 11.3. The summed E-state index contributed by atoms with van der Waals surface area (Å²) in [5.41, 5.74) is 1.59. The van der Waals surface area contributed by atoms with Gasteiger partial charge in [0.25, 0.3) is 5.91 Å². The second-order valence-corrected chi connectivity index (χ2v) is 4.48. The van der Waals surface area contributed by atoms with Crippen LogP contribution >= 0.6 is 0 Å². The van der Waals surface area contributed by atoms with E-state index in [4.69, 9.17) is 10.2 Å². The Morgan fingerprint density at radius 2 is 1.57 bits per heavy atom. The lowest BCUT2D eigenvalue weighted by molar-refractivity contribution is -0.135. The van der Waals surface area contributed by atoms with Gasteiger partial charge >= 0.3 is 5.97 Å². The van der Waals surface area contributed by atoms with Gasteiger partial charge < -0.3 is 10.2 Å². The molecule has 108 valence electrons. The quantitative estimate of drug-likeness (QED) is 0.879. The zero-order chi connectivity index (χ0) is 15.2. The average Bonchev–Trinajstić information content (AvgIpc) is 2.53. The van der Waals surface area contributed by atoms with E-state index in [1.807, 2.05) is 0 Å². The monoisotopic (exact) mass is 285 g/mol. The van der Waals surface area contributed by atoms with E-state index in [1.54, 1.807) is 54.6 Å². The molecule has 2 N–H and O–H groups in total. The van der Waals surface area contributed by atoms with E-state index in [2.05, 4.69) is 0 Å². The lowest BCUT2D eigenvalue weighted by atomic mass is 10.1. The predicted octanol–water partition coefficient (Wildman–Crippen LogP) is 1.91. The van der Waals surface area contributed by atoms with Crippen LogP contribution < -0.4 is 4.90 Å². The van der Waals surface area contributed by atoms with Gasteiger partial charge in [0.1, 0.15) is 6.54 Å². The van der Waals surface area contributed by atoms with E-state index in [1.165, 1.54) is 4.90 Å². The van der Waals surface area contributed by atoms with Crippen molar-refractivity contribution < 1.29 is 19.8 Å². The molecule has 0 aliphatic rings. The van der Waals surface area contributed by atoms with Crippen molar-refractivity contribution in [3.05, 3.63) is 65.7 Å². The summed E-state index contributed by atoms with van der Waals surface area (Å²) in [6.07, 6.45) is 0. The molecular weight excluding hydrogens is 270 g/mol. The number of aliphatic hydroxyl groups is 1. The molecule has 21 heavy (non-hydrogen) atoms. The second-order valence-electron chi connectivity index (χ2n) is 4.48. The molecule has 0 bridgehead atoms. The Balaban J connectivity index is 2.31. The highest BCUT2D eigenvalue weighted by Gasteiger charge is 2.20. The van der Waals surface area contributed by atoms with Crippen LogP contribution in [0.5, 0.6) is 0 Å².